The minimum absolute atomic E-state index is 0.193. The maximum absolute atomic E-state index is 12.2. The van der Waals surface area contributed by atoms with Crippen molar-refractivity contribution >= 4 is 12.0 Å². The molecule has 0 spiro atoms. The molecule has 2 amide bonds. The zero-order chi connectivity index (χ0) is 13.5. The molecule has 1 fully saturated rings. The number of piperidine rings is 1. The predicted octanol–water partition coefficient (Wildman–Crippen LogP) is 0.871. The van der Waals surface area contributed by atoms with Crippen LogP contribution in [0.1, 0.15) is 19.8 Å². The summed E-state index contributed by atoms with van der Waals surface area (Å²) in [7, 11) is 1.53. The first-order valence-corrected chi connectivity index (χ1v) is 6.29. The monoisotopic (exact) mass is 258 g/mol. The number of carboxylic acid groups (broad SMARTS) is 1. The van der Waals surface area contributed by atoms with E-state index >= 15 is 0 Å². The van der Waals surface area contributed by atoms with Crippen LogP contribution >= 0.6 is 0 Å². The number of rotatable bonds is 5. The maximum Gasteiger partial charge on any atom is 0.323 e. The van der Waals surface area contributed by atoms with Crippen molar-refractivity contribution in [3.8, 4) is 0 Å². The smallest absolute Gasteiger partial charge is 0.323 e. The number of ether oxygens (including phenoxy) is 1. The molecule has 18 heavy (non-hydrogen) atoms. The lowest BCUT2D eigenvalue weighted by Crippen LogP contribution is -2.49. The molecule has 0 atom stereocenters. The van der Waals surface area contributed by atoms with E-state index in [0.29, 0.717) is 32.2 Å². The lowest BCUT2D eigenvalue weighted by molar-refractivity contribution is -0.137. The van der Waals surface area contributed by atoms with E-state index in [1.807, 2.05) is 0 Å². The number of aliphatic carboxylic acids is 1. The van der Waals surface area contributed by atoms with Crippen LogP contribution in [0.2, 0.25) is 0 Å². The molecule has 6 heteroatoms. The minimum atomic E-state index is -0.996. The molecule has 104 valence electrons. The van der Waals surface area contributed by atoms with E-state index in [4.69, 9.17) is 9.84 Å². The molecule has 1 saturated heterocycles. The summed E-state index contributed by atoms with van der Waals surface area (Å²) in [5, 5.41) is 8.82. The van der Waals surface area contributed by atoms with Crippen molar-refractivity contribution in [3.05, 3.63) is 0 Å². The molecule has 1 N–H and O–H groups in total. The maximum atomic E-state index is 12.2. The Morgan fingerprint density at radius 1 is 1.39 bits per heavy atom. The lowest BCUT2D eigenvalue weighted by atomic mass is 10.00. The number of urea groups is 1. The van der Waals surface area contributed by atoms with Crippen LogP contribution in [0.4, 0.5) is 4.79 Å². The number of carboxylic acids is 1. The van der Waals surface area contributed by atoms with Crippen LogP contribution in [0.15, 0.2) is 0 Å². The van der Waals surface area contributed by atoms with Gasteiger partial charge in [0.25, 0.3) is 0 Å². The molecular formula is C12H22N2O4. The highest BCUT2D eigenvalue weighted by Gasteiger charge is 2.25. The van der Waals surface area contributed by atoms with Crippen molar-refractivity contribution in [1.82, 2.24) is 9.80 Å². The summed E-state index contributed by atoms with van der Waals surface area (Å²) in [4.78, 5) is 26.0. The van der Waals surface area contributed by atoms with Gasteiger partial charge >= 0.3 is 12.0 Å². The average Bonchev–Trinajstić information content (AvgIpc) is 2.34. The zero-order valence-corrected chi connectivity index (χ0v) is 11.1. The molecule has 0 saturated carbocycles. The molecule has 0 aromatic rings. The highest BCUT2D eigenvalue weighted by atomic mass is 16.5. The van der Waals surface area contributed by atoms with E-state index in [2.05, 4.69) is 6.92 Å². The number of nitrogens with zero attached hydrogens (tertiary/aromatic N) is 2. The Morgan fingerprint density at radius 2 is 2.00 bits per heavy atom. The number of amides is 2. The van der Waals surface area contributed by atoms with E-state index in [-0.39, 0.29) is 12.6 Å². The first-order chi connectivity index (χ1) is 8.54. The lowest BCUT2D eigenvalue weighted by Gasteiger charge is -2.34. The first-order valence-electron chi connectivity index (χ1n) is 6.29. The van der Waals surface area contributed by atoms with Crippen molar-refractivity contribution in [3.63, 3.8) is 0 Å². The Balaban J connectivity index is 2.54. The van der Waals surface area contributed by atoms with Crippen LogP contribution in [-0.4, -0.2) is 66.8 Å². The third kappa shape index (κ3) is 4.52. The van der Waals surface area contributed by atoms with Crippen LogP contribution in [-0.2, 0) is 9.53 Å². The fraction of sp³-hybridized carbons (Fsp3) is 0.833. The first kappa shape index (κ1) is 14.8. The Labute approximate surface area is 107 Å². The molecule has 1 rings (SSSR count). The van der Waals surface area contributed by atoms with Gasteiger partial charge in [0.05, 0.1) is 6.61 Å². The molecule has 0 aliphatic carbocycles. The quantitative estimate of drug-likeness (QED) is 0.794. The van der Waals surface area contributed by atoms with Gasteiger partial charge < -0.3 is 19.6 Å². The van der Waals surface area contributed by atoms with Crippen molar-refractivity contribution in [2.24, 2.45) is 5.92 Å². The van der Waals surface area contributed by atoms with Crippen LogP contribution in [0, 0.1) is 5.92 Å². The summed E-state index contributed by atoms with van der Waals surface area (Å²) in [5.41, 5.74) is 0. The van der Waals surface area contributed by atoms with Gasteiger partial charge in [-0.05, 0) is 18.8 Å². The third-order valence-corrected chi connectivity index (χ3v) is 3.22. The van der Waals surface area contributed by atoms with Crippen LogP contribution < -0.4 is 0 Å². The van der Waals surface area contributed by atoms with Gasteiger partial charge in [0.2, 0.25) is 0 Å². The third-order valence-electron chi connectivity index (χ3n) is 3.22. The highest BCUT2D eigenvalue weighted by molar-refractivity contribution is 5.80. The zero-order valence-electron chi connectivity index (χ0n) is 11.1. The highest BCUT2D eigenvalue weighted by Crippen LogP contribution is 2.17. The van der Waals surface area contributed by atoms with Crippen molar-refractivity contribution in [1.29, 1.82) is 0 Å². The number of carbonyl (C=O) groups is 2. The number of hydrogen-bond acceptors (Lipinski definition) is 3. The second-order valence-corrected chi connectivity index (χ2v) is 4.76. The van der Waals surface area contributed by atoms with Gasteiger partial charge in [0, 0.05) is 26.7 Å². The molecule has 0 aromatic heterocycles. The van der Waals surface area contributed by atoms with Gasteiger partial charge in [-0.15, -0.1) is 0 Å². The van der Waals surface area contributed by atoms with Gasteiger partial charge in [-0.1, -0.05) is 6.92 Å². The van der Waals surface area contributed by atoms with Gasteiger partial charge in [-0.2, -0.15) is 0 Å². The number of hydrogen-bond donors (Lipinski definition) is 1. The summed E-state index contributed by atoms with van der Waals surface area (Å²) in [6.07, 6.45) is 1.97. The molecular weight excluding hydrogens is 236 g/mol. The van der Waals surface area contributed by atoms with Crippen molar-refractivity contribution in [2.75, 3.05) is 39.9 Å². The second-order valence-electron chi connectivity index (χ2n) is 4.76. The summed E-state index contributed by atoms with van der Waals surface area (Å²) < 4.78 is 4.90. The van der Waals surface area contributed by atoms with Gasteiger partial charge in [-0.25, -0.2) is 4.79 Å². The van der Waals surface area contributed by atoms with Gasteiger partial charge in [0.1, 0.15) is 6.54 Å². The summed E-state index contributed by atoms with van der Waals surface area (Å²) in [5.74, 6) is -0.356. The van der Waals surface area contributed by atoms with Gasteiger partial charge in [-0.3, -0.25) is 4.79 Å². The largest absolute Gasteiger partial charge is 0.480 e. The fourth-order valence-corrected chi connectivity index (χ4v) is 2.01. The molecule has 0 aromatic carbocycles. The molecule has 1 aliphatic heterocycles. The predicted molar refractivity (Wildman–Crippen MR) is 66.5 cm³/mol. The Bertz CT molecular complexity index is 288. The Morgan fingerprint density at radius 3 is 2.50 bits per heavy atom. The SMILES string of the molecule is COCCN(CC(=O)O)C(=O)N1CCC(C)CC1. The van der Waals surface area contributed by atoms with E-state index in [9.17, 15) is 9.59 Å². The molecule has 0 radical (unpaired) electrons. The average molecular weight is 258 g/mol. The van der Waals surface area contributed by atoms with Crippen molar-refractivity contribution in [2.45, 2.75) is 19.8 Å². The second kappa shape index (κ2) is 7.20. The fourth-order valence-electron chi connectivity index (χ4n) is 2.01. The molecule has 0 unspecified atom stereocenters. The number of carbonyl (C=O) groups excluding carboxylic acids is 1. The number of likely N-dealkylation sites (tertiary alicyclic amines) is 1. The Hall–Kier alpha value is -1.30. The minimum Gasteiger partial charge on any atom is -0.480 e. The Kier molecular flexibility index (Phi) is 5.91. The molecule has 0 bridgehead atoms. The van der Waals surface area contributed by atoms with Crippen molar-refractivity contribution < 1.29 is 19.4 Å². The topological polar surface area (TPSA) is 70.1 Å². The summed E-state index contributed by atoms with van der Waals surface area (Å²) >= 11 is 0. The van der Waals surface area contributed by atoms with E-state index in [1.165, 1.54) is 12.0 Å². The van der Waals surface area contributed by atoms with Crippen LogP contribution in [0.25, 0.3) is 0 Å². The number of methoxy groups -OCH3 is 1. The molecule has 6 nitrogen and oxygen atoms in total. The normalized spacial score (nSPS) is 16.7. The molecule has 1 heterocycles. The van der Waals surface area contributed by atoms with Crippen LogP contribution in [0.3, 0.4) is 0 Å². The van der Waals surface area contributed by atoms with E-state index < -0.39 is 5.97 Å². The van der Waals surface area contributed by atoms with E-state index in [1.54, 1.807) is 4.90 Å². The van der Waals surface area contributed by atoms with Gasteiger partial charge in [0.15, 0.2) is 0 Å². The van der Waals surface area contributed by atoms with Crippen LogP contribution in [0.5, 0.6) is 0 Å². The summed E-state index contributed by atoms with van der Waals surface area (Å²) in [6, 6.07) is -0.193. The molecule has 1 aliphatic rings. The van der Waals surface area contributed by atoms with E-state index in [0.717, 1.165) is 12.8 Å². The summed E-state index contributed by atoms with van der Waals surface area (Å²) in [6.45, 7) is 3.99. The standard InChI is InChI=1S/C12H22N2O4/c1-10-3-5-13(6-4-10)12(17)14(7-8-18-2)9-11(15)16/h10H,3-9H2,1-2H3,(H,15,16).